The van der Waals surface area contributed by atoms with E-state index in [9.17, 15) is 0 Å². The molecule has 0 atom stereocenters. The molecule has 2 heterocycles. The SMILES string of the molecule is c1ccc(-c2nc(-c3ccc(-c4cccc5c4oc4ccccc45)cc3)cc(-c3c4ccccc4cc4ccc5ccccc5c34)n2)cc1. The summed E-state index contributed by atoms with van der Waals surface area (Å²) in [6, 6.07) is 59.7. The van der Waals surface area contributed by atoms with E-state index in [2.05, 4.69) is 140 Å². The fourth-order valence-corrected chi connectivity index (χ4v) is 7.34. The minimum atomic E-state index is 0.700. The molecule has 0 N–H and O–H groups in total. The molecule has 0 unspecified atom stereocenters. The van der Waals surface area contributed by atoms with Gasteiger partial charge in [-0.25, -0.2) is 9.97 Å². The van der Waals surface area contributed by atoms with Crippen molar-refractivity contribution < 1.29 is 4.42 Å². The highest BCUT2D eigenvalue weighted by atomic mass is 16.3. The maximum atomic E-state index is 6.36. The van der Waals surface area contributed by atoms with E-state index in [0.29, 0.717) is 5.82 Å². The third-order valence-electron chi connectivity index (χ3n) is 9.66. The van der Waals surface area contributed by atoms with Crippen LogP contribution in [0.5, 0.6) is 0 Å². The van der Waals surface area contributed by atoms with Gasteiger partial charge >= 0.3 is 0 Å². The average molecular weight is 625 g/mol. The van der Waals surface area contributed by atoms with E-state index >= 15 is 0 Å². The summed E-state index contributed by atoms with van der Waals surface area (Å²) in [5, 5.41) is 9.43. The van der Waals surface area contributed by atoms with Crippen molar-refractivity contribution in [1.29, 1.82) is 0 Å². The standard InChI is InChI=1S/C46H28N2O/c1-2-12-32(13-3-1)46-47-40(31-24-21-30(22-25-31)37-18-10-19-39-38-17-8-9-20-42(38)49-45(37)39)28-41(48-46)44-36-16-7-5-14-33(36)27-34-26-23-29-11-4-6-15-35(29)43(34)44/h1-28H. The summed E-state index contributed by atoms with van der Waals surface area (Å²) in [6.07, 6.45) is 0. The van der Waals surface area contributed by atoms with Gasteiger partial charge in [-0.3, -0.25) is 0 Å². The van der Waals surface area contributed by atoms with Crippen LogP contribution >= 0.6 is 0 Å². The van der Waals surface area contributed by atoms with Crippen LogP contribution in [0.25, 0.3) is 99.3 Å². The molecule has 10 aromatic rings. The van der Waals surface area contributed by atoms with Crippen molar-refractivity contribution in [2.45, 2.75) is 0 Å². The van der Waals surface area contributed by atoms with Crippen LogP contribution < -0.4 is 0 Å². The van der Waals surface area contributed by atoms with E-state index in [0.717, 1.165) is 61.1 Å². The van der Waals surface area contributed by atoms with Gasteiger partial charge in [0.15, 0.2) is 5.82 Å². The van der Waals surface area contributed by atoms with Crippen molar-refractivity contribution in [3.63, 3.8) is 0 Å². The quantitative estimate of drug-likeness (QED) is 0.144. The van der Waals surface area contributed by atoms with Gasteiger partial charge in [-0.1, -0.05) is 152 Å². The molecule has 0 fully saturated rings. The third-order valence-corrected chi connectivity index (χ3v) is 9.66. The van der Waals surface area contributed by atoms with Gasteiger partial charge in [-0.05, 0) is 56.1 Å². The highest BCUT2D eigenvalue weighted by molar-refractivity contribution is 6.21. The second-order valence-corrected chi connectivity index (χ2v) is 12.5. The van der Waals surface area contributed by atoms with Crippen molar-refractivity contribution in [3.8, 4) is 45.0 Å². The number of para-hydroxylation sites is 2. The zero-order valence-electron chi connectivity index (χ0n) is 26.5. The zero-order chi connectivity index (χ0) is 32.3. The molecule has 10 rings (SSSR count). The maximum Gasteiger partial charge on any atom is 0.160 e. The third kappa shape index (κ3) is 4.51. The molecule has 49 heavy (non-hydrogen) atoms. The predicted octanol–water partition coefficient (Wildman–Crippen LogP) is 12.5. The Kier molecular flexibility index (Phi) is 6.18. The van der Waals surface area contributed by atoms with Crippen LogP contribution in [0.15, 0.2) is 174 Å². The van der Waals surface area contributed by atoms with Gasteiger partial charge in [-0.2, -0.15) is 0 Å². The minimum absolute atomic E-state index is 0.700. The summed E-state index contributed by atoms with van der Waals surface area (Å²) in [4.78, 5) is 10.5. The lowest BCUT2D eigenvalue weighted by atomic mass is 9.90. The fourth-order valence-electron chi connectivity index (χ4n) is 7.34. The lowest BCUT2D eigenvalue weighted by Gasteiger charge is -2.16. The molecule has 0 aliphatic carbocycles. The van der Waals surface area contributed by atoms with Crippen LogP contribution in [-0.4, -0.2) is 9.97 Å². The molecule has 228 valence electrons. The van der Waals surface area contributed by atoms with Crippen molar-refractivity contribution in [1.82, 2.24) is 9.97 Å². The molecule has 0 aliphatic rings. The van der Waals surface area contributed by atoms with Crippen LogP contribution in [0.1, 0.15) is 0 Å². The molecular weight excluding hydrogens is 597 g/mol. The number of benzene rings is 8. The summed E-state index contributed by atoms with van der Waals surface area (Å²) >= 11 is 0. The highest BCUT2D eigenvalue weighted by Gasteiger charge is 2.18. The van der Waals surface area contributed by atoms with E-state index in [-0.39, 0.29) is 0 Å². The highest BCUT2D eigenvalue weighted by Crippen LogP contribution is 2.41. The minimum Gasteiger partial charge on any atom is -0.455 e. The number of hydrogen-bond donors (Lipinski definition) is 0. The first-order valence-corrected chi connectivity index (χ1v) is 16.6. The second-order valence-electron chi connectivity index (χ2n) is 12.5. The van der Waals surface area contributed by atoms with Gasteiger partial charge in [-0.15, -0.1) is 0 Å². The van der Waals surface area contributed by atoms with Crippen molar-refractivity contribution in [3.05, 3.63) is 170 Å². The molecule has 0 radical (unpaired) electrons. The maximum absolute atomic E-state index is 6.36. The Bertz CT molecular complexity index is 2870. The molecule has 2 aromatic heterocycles. The largest absolute Gasteiger partial charge is 0.455 e. The van der Waals surface area contributed by atoms with Gasteiger partial charge in [0.2, 0.25) is 0 Å². The Balaban J connectivity index is 1.20. The van der Waals surface area contributed by atoms with E-state index < -0.39 is 0 Å². The Morgan fingerprint density at radius 2 is 1.04 bits per heavy atom. The first-order valence-electron chi connectivity index (χ1n) is 16.6. The molecule has 0 saturated heterocycles. The first kappa shape index (κ1) is 27.5. The van der Waals surface area contributed by atoms with Crippen LogP contribution in [0, 0.1) is 0 Å². The smallest absolute Gasteiger partial charge is 0.160 e. The van der Waals surface area contributed by atoms with Gasteiger partial charge in [0.05, 0.1) is 11.4 Å². The summed E-state index contributed by atoms with van der Waals surface area (Å²) < 4.78 is 6.36. The fraction of sp³-hybridized carbons (Fsp3) is 0. The molecular formula is C46H28N2O. The van der Waals surface area contributed by atoms with E-state index in [1.807, 2.05) is 30.3 Å². The van der Waals surface area contributed by atoms with Crippen molar-refractivity contribution in [2.75, 3.05) is 0 Å². The molecule has 8 aromatic carbocycles. The van der Waals surface area contributed by atoms with Gasteiger partial charge in [0.1, 0.15) is 11.2 Å². The summed E-state index contributed by atoms with van der Waals surface area (Å²) in [5.74, 6) is 0.700. The lowest BCUT2D eigenvalue weighted by molar-refractivity contribution is 0.670. The Morgan fingerprint density at radius 1 is 0.388 bits per heavy atom. The normalized spacial score (nSPS) is 11.7. The topological polar surface area (TPSA) is 38.9 Å². The van der Waals surface area contributed by atoms with E-state index in [4.69, 9.17) is 14.4 Å². The number of nitrogens with zero attached hydrogens (tertiary/aromatic N) is 2. The molecule has 0 amide bonds. The number of fused-ring (bicyclic) bond motifs is 7. The Hall–Kier alpha value is -6.58. The van der Waals surface area contributed by atoms with Gasteiger partial charge < -0.3 is 4.42 Å². The first-order chi connectivity index (χ1) is 24.3. The predicted molar refractivity (Wildman–Crippen MR) is 204 cm³/mol. The van der Waals surface area contributed by atoms with Gasteiger partial charge in [0.25, 0.3) is 0 Å². The Labute approximate surface area is 282 Å². The van der Waals surface area contributed by atoms with Crippen LogP contribution in [0.4, 0.5) is 0 Å². The lowest BCUT2D eigenvalue weighted by Crippen LogP contribution is -1.97. The zero-order valence-corrected chi connectivity index (χ0v) is 26.5. The molecule has 3 heteroatoms. The summed E-state index contributed by atoms with van der Waals surface area (Å²) in [7, 11) is 0. The molecule has 3 nitrogen and oxygen atoms in total. The number of hydrogen-bond acceptors (Lipinski definition) is 3. The van der Waals surface area contributed by atoms with Crippen LogP contribution in [-0.2, 0) is 0 Å². The number of furan rings is 1. The molecule has 0 spiro atoms. The molecule has 0 bridgehead atoms. The van der Waals surface area contributed by atoms with Crippen LogP contribution in [0.3, 0.4) is 0 Å². The average Bonchev–Trinajstić information content (AvgIpc) is 3.56. The monoisotopic (exact) mass is 624 g/mol. The van der Waals surface area contributed by atoms with Crippen molar-refractivity contribution >= 4 is 54.3 Å². The van der Waals surface area contributed by atoms with Crippen molar-refractivity contribution in [2.24, 2.45) is 0 Å². The van der Waals surface area contributed by atoms with Crippen LogP contribution in [0.2, 0.25) is 0 Å². The summed E-state index contributed by atoms with van der Waals surface area (Å²) in [5.41, 5.74) is 8.87. The van der Waals surface area contributed by atoms with Gasteiger partial charge in [0, 0.05) is 33.0 Å². The summed E-state index contributed by atoms with van der Waals surface area (Å²) in [6.45, 7) is 0. The molecule has 0 saturated carbocycles. The Morgan fingerprint density at radius 3 is 1.90 bits per heavy atom. The number of aromatic nitrogens is 2. The second kappa shape index (κ2) is 11.0. The number of rotatable bonds is 4. The van der Waals surface area contributed by atoms with E-state index in [1.165, 1.54) is 32.3 Å². The van der Waals surface area contributed by atoms with E-state index in [1.54, 1.807) is 0 Å². The molecule has 0 aliphatic heterocycles.